The van der Waals surface area contributed by atoms with E-state index < -0.39 is 0 Å². The van der Waals surface area contributed by atoms with Crippen LogP contribution in [0.1, 0.15) is 15.3 Å². The predicted octanol–water partition coefficient (Wildman–Crippen LogP) is -2.04. The van der Waals surface area contributed by atoms with Gasteiger partial charge in [-0.05, 0) is 0 Å². The van der Waals surface area contributed by atoms with Crippen LogP contribution in [0.25, 0.3) is 0 Å². The van der Waals surface area contributed by atoms with Gasteiger partial charge < -0.3 is 6.22 Å². The fourth-order valence-corrected chi connectivity index (χ4v) is 0. The van der Waals surface area contributed by atoms with Crippen molar-refractivity contribution in [1.29, 1.82) is 0 Å². The van der Waals surface area contributed by atoms with Crippen molar-refractivity contribution in [2.45, 2.75) is 13.8 Å². The van der Waals surface area contributed by atoms with Gasteiger partial charge in [-0.25, -0.2) is 0 Å². The first-order valence-corrected chi connectivity index (χ1v) is 1.72. The fraction of sp³-hybridized carbons (Fsp3) is 0.750. The van der Waals surface area contributed by atoms with Crippen LogP contribution in [-0.4, -0.2) is 6.29 Å². The van der Waals surface area contributed by atoms with Gasteiger partial charge in [-0.1, -0.05) is 13.8 Å². The molecular weight excluding hydrogens is 71.0 g/mol. The Morgan fingerprint density at radius 2 is 1.83 bits per heavy atom. The zero-order chi connectivity index (χ0) is 4.28. The van der Waals surface area contributed by atoms with E-state index >= 15 is 0 Å². The summed E-state index contributed by atoms with van der Waals surface area (Å²) in [5.41, 5.74) is 0. The molecule has 2 heteroatoms. The summed E-state index contributed by atoms with van der Waals surface area (Å²) < 4.78 is 0. The molecule has 0 rings (SSSR count). The molecule has 32 valence electrons. The largest absolute Gasteiger partial charge is 1.00 e. The summed E-state index contributed by atoms with van der Waals surface area (Å²) >= 11 is 0. The van der Waals surface area contributed by atoms with E-state index in [-0.39, 0.29) is 26.2 Å². The first-order valence-electron chi connectivity index (χ1n) is 1.72. The van der Waals surface area contributed by atoms with Crippen LogP contribution in [0.2, 0.25) is 0 Å². The van der Waals surface area contributed by atoms with Gasteiger partial charge in [-0.2, -0.15) is 0 Å². The monoisotopic (exact) mass is 80.1 g/mol. The second kappa shape index (κ2) is 5.27. The molecule has 0 atom stereocenters. The Kier molecular flexibility index (Phi) is 8.38. The molecular formula is C4H9LiO. The van der Waals surface area contributed by atoms with Crippen molar-refractivity contribution in [2.24, 2.45) is 5.92 Å². The normalized spacial score (nSPS) is 7.17. The topological polar surface area (TPSA) is 17.1 Å². The molecule has 0 aliphatic rings. The summed E-state index contributed by atoms with van der Waals surface area (Å²) in [5.74, 6) is 0.204. The van der Waals surface area contributed by atoms with Gasteiger partial charge in [-0.15, -0.1) is 0 Å². The Bertz CT molecular complexity index is 38.7. The molecule has 0 saturated carbocycles. The van der Waals surface area contributed by atoms with Crippen molar-refractivity contribution in [1.82, 2.24) is 0 Å². The molecule has 0 radical (unpaired) electrons. The molecule has 0 aliphatic heterocycles. The second-order valence-corrected chi connectivity index (χ2v) is 1.38. The molecule has 0 amide bonds. The van der Waals surface area contributed by atoms with Gasteiger partial charge in [-0.3, -0.25) is 0 Å². The van der Waals surface area contributed by atoms with Crippen LogP contribution in [-0.2, 0) is 4.79 Å². The maximum Gasteiger partial charge on any atom is 1.00 e. The molecule has 0 aliphatic carbocycles. The minimum absolute atomic E-state index is 0. The van der Waals surface area contributed by atoms with Crippen molar-refractivity contribution >= 4 is 6.29 Å². The molecule has 0 aromatic carbocycles. The van der Waals surface area contributed by atoms with E-state index in [1.54, 1.807) is 0 Å². The third-order valence-electron chi connectivity index (χ3n) is 0.272. The van der Waals surface area contributed by atoms with Gasteiger partial charge in [0.1, 0.15) is 6.29 Å². The van der Waals surface area contributed by atoms with Gasteiger partial charge in [0.15, 0.2) is 0 Å². The standard InChI is InChI=1S/C4H8O.Li.H/c1-4(2)3-5;;/h3-4H,1-2H3;;/q;+1;-1. The predicted molar refractivity (Wildman–Crippen MR) is 22.0 cm³/mol. The molecule has 0 unspecified atom stereocenters. The summed E-state index contributed by atoms with van der Waals surface area (Å²) in [6.07, 6.45) is 0.917. The van der Waals surface area contributed by atoms with Crippen molar-refractivity contribution in [2.75, 3.05) is 0 Å². The molecule has 0 aromatic heterocycles. The Hall–Kier alpha value is 0.267. The average molecular weight is 80.1 g/mol. The maximum atomic E-state index is 9.50. The summed E-state index contributed by atoms with van der Waals surface area (Å²) in [6, 6.07) is 0. The molecule has 0 spiro atoms. The Morgan fingerprint density at radius 3 is 1.83 bits per heavy atom. The van der Waals surface area contributed by atoms with Crippen LogP contribution in [0.5, 0.6) is 0 Å². The quantitative estimate of drug-likeness (QED) is 0.262. The number of rotatable bonds is 1. The number of aldehydes is 1. The van der Waals surface area contributed by atoms with Crippen molar-refractivity contribution < 1.29 is 25.1 Å². The van der Waals surface area contributed by atoms with Crippen LogP contribution in [0.15, 0.2) is 0 Å². The van der Waals surface area contributed by atoms with Crippen LogP contribution in [0.4, 0.5) is 0 Å². The van der Waals surface area contributed by atoms with Crippen LogP contribution >= 0.6 is 0 Å². The van der Waals surface area contributed by atoms with Gasteiger partial charge in [0.25, 0.3) is 0 Å². The summed E-state index contributed by atoms with van der Waals surface area (Å²) in [7, 11) is 0. The van der Waals surface area contributed by atoms with Crippen molar-refractivity contribution in [3.05, 3.63) is 0 Å². The van der Waals surface area contributed by atoms with Crippen LogP contribution in [0.3, 0.4) is 0 Å². The Labute approximate surface area is 51.8 Å². The summed E-state index contributed by atoms with van der Waals surface area (Å²) in [4.78, 5) is 9.50. The van der Waals surface area contributed by atoms with E-state index in [9.17, 15) is 4.79 Å². The fourth-order valence-electron chi connectivity index (χ4n) is 0. The maximum absolute atomic E-state index is 9.50. The van der Waals surface area contributed by atoms with E-state index in [1.807, 2.05) is 13.8 Å². The summed E-state index contributed by atoms with van der Waals surface area (Å²) in [5, 5.41) is 0. The smallest absolute Gasteiger partial charge is 1.00 e. The third kappa shape index (κ3) is 8.86. The van der Waals surface area contributed by atoms with Crippen molar-refractivity contribution in [3.8, 4) is 0 Å². The third-order valence-corrected chi connectivity index (χ3v) is 0.272. The Balaban J connectivity index is -0.0000000800. The summed E-state index contributed by atoms with van der Waals surface area (Å²) in [6.45, 7) is 3.71. The van der Waals surface area contributed by atoms with E-state index in [1.165, 1.54) is 0 Å². The minimum Gasteiger partial charge on any atom is -1.00 e. The molecule has 6 heavy (non-hydrogen) atoms. The van der Waals surface area contributed by atoms with Crippen LogP contribution < -0.4 is 18.9 Å². The van der Waals surface area contributed by atoms with Gasteiger partial charge in [0, 0.05) is 5.92 Å². The number of hydrogen-bond donors (Lipinski definition) is 0. The number of carbonyl (C=O) groups excluding carboxylic acids is 1. The van der Waals surface area contributed by atoms with E-state index in [2.05, 4.69) is 0 Å². The minimum atomic E-state index is 0. The molecule has 0 N–H and O–H groups in total. The number of carbonyl (C=O) groups is 1. The van der Waals surface area contributed by atoms with E-state index in [0.29, 0.717) is 0 Å². The van der Waals surface area contributed by atoms with Gasteiger partial charge in [0.2, 0.25) is 0 Å². The SMILES string of the molecule is CC(C)C=O.[H-].[Li+]. The molecule has 0 aromatic rings. The van der Waals surface area contributed by atoms with E-state index in [4.69, 9.17) is 0 Å². The zero-order valence-corrected chi connectivity index (χ0v) is 4.56. The first kappa shape index (κ1) is 9.55. The molecule has 0 fully saturated rings. The molecule has 0 heterocycles. The average Bonchev–Trinajstić information content (AvgIpc) is 1.38. The first-order chi connectivity index (χ1) is 2.27. The second-order valence-electron chi connectivity index (χ2n) is 1.38. The van der Waals surface area contributed by atoms with Gasteiger partial charge in [0.05, 0.1) is 0 Å². The zero-order valence-electron chi connectivity index (χ0n) is 5.56. The number of hydrogen-bond acceptors (Lipinski definition) is 1. The van der Waals surface area contributed by atoms with Crippen LogP contribution in [0, 0.1) is 5.92 Å². The molecule has 0 bridgehead atoms. The van der Waals surface area contributed by atoms with Crippen molar-refractivity contribution in [3.63, 3.8) is 0 Å². The Morgan fingerprint density at radius 1 is 1.67 bits per heavy atom. The molecule has 1 nitrogen and oxygen atoms in total. The van der Waals surface area contributed by atoms with Gasteiger partial charge >= 0.3 is 18.9 Å². The molecule has 0 saturated heterocycles. The van der Waals surface area contributed by atoms with E-state index in [0.717, 1.165) is 6.29 Å².